The van der Waals surface area contributed by atoms with Crippen molar-refractivity contribution in [1.29, 1.82) is 0 Å². The summed E-state index contributed by atoms with van der Waals surface area (Å²) in [7, 11) is 0. The van der Waals surface area contributed by atoms with Gasteiger partial charge in [0.25, 0.3) is 0 Å². The van der Waals surface area contributed by atoms with Crippen LogP contribution in [0.1, 0.15) is 20.3 Å². The monoisotopic (exact) mass is 227 g/mol. The third-order valence-electron chi connectivity index (χ3n) is 1.75. The Morgan fingerprint density at radius 1 is 1.53 bits per heavy atom. The fourth-order valence-corrected chi connectivity index (χ4v) is 1.75. The van der Waals surface area contributed by atoms with Crippen LogP contribution in [0.15, 0.2) is 17.4 Å². The number of thioether (sulfide) groups is 1. The fraction of sp³-hybridized carbons (Fsp3) is 0.600. The van der Waals surface area contributed by atoms with Crippen molar-refractivity contribution >= 4 is 17.6 Å². The summed E-state index contributed by atoms with van der Waals surface area (Å²) in [6.45, 7) is 5.11. The highest BCUT2D eigenvalue weighted by Crippen LogP contribution is 2.20. The van der Waals surface area contributed by atoms with Crippen molar-refractivity contribution in [2.75, 3.05) is 18.5 Å². The van der Waals surface area contributed by atoms with Crippen LogP contribution in [0.4, 0.5) is 5.82 Å². The third-order valence-corrected chi connectivity index (χ3v) is 2.74. The topological polar surface area (TPSA) is 58.0 Å². The summed E-state index contributed by atoms with van der Waals surface area (Å²) in [6.07, 6.45) is 4.49. The maximum Gasteiger partial charge on any atom is 0.145 e. The molecule has 1 aromatic heterocycles. The van der Waals surface area contributed by atoms with Crippen LogP contribution in [0, 0.1) is 0 Å². The molecule has 0 bridgehead atoms. The molecule has 1 heterocycles. The zero-order valence-electron chi connectivity index (χ0n) is 9.10. The van der Waals surface area contributed by atoms with Crippen LogP contribution in [0.5, 0.6) is 0 Å². The largest absolute Gasteiger partial charge is 0.395 e. The molecule has 1 unspecified atom stereocenters. The lowest BCUT2D eigenvalue weighted by molar-refractivity contribution is 0.300. The van der Waals surface area contributed by atoms with Gasteiger partial charge in [0, 0.05) is 11.8 Å². The van der Waals surface area contributed by atoms with Gasteiger partial charge in [-0.3, -0.25) is 4.98 Å². The predicted octanol–water partition coefficient (Wildman–Crippen LogP) is 1.77. The van der Waals surface area contributed by atoms with Gasteiger partial charge >= 0.3 is 0 Å². The van der Waals surface area contributed by atoms with Crippen molar-refractivity contribution in [1.82, 2.24) is 9.97 Å². The fourth-order valence-electron chi connectivity index (χ4n) is 0.987. The minimum Gasteiger partial charge on any atom is -0.395 e. The quantitative estimate of drug-likeness (QED) is 0.725. The number of anilines is 1. The Hall–Kier alpha value is -0.810. The third kappa shape index (κ3) is 4.48. The van der Waals surface area contributed by atoms with Gasteiger partial charge in [-0.1, -0.05) is 25.6 Å². The van der Waals surface area contributed by atoms with E-state index in [0.717, 1.165) is 23.8 Å². The molecule has 0 aromatic carbocycles. The Morgan fingerprint density at radius 2 is 2.33 bits per heavy atom. The Bertz CT molecular complexity index is 296. The van der Waals surface area contributed by atoms with Crippen LogP contribution in [0.25, 0.3) is 0 Å². The van der Waals surface area contributed by atoms with E-state index in [0.29, 0.717) is 0 Å². The summed E-state index contributed by atoms with van der Waals surface area (Å²) in [5.41, 5.74) is 0. The van der Waals surface area contributed by atoms with Crippen LogP contribution in [-0.2, 0) is 0 Å². The molecule has 5 heteroatoms. The summed E-state index contributed by atoms with van der Waals surface area (Å²) in [6, 6.07) is 0. The summed E-state index contributed by atoms with van der Waals surface area (Å²) in [5.74, 6) is 0.798. The van der Waals surface area contributed by atoms with Crippen LogP contribution in [0.3, 0.4) is 0 Å². The van der Waals surface area contributed by atoms with Crippen molar-refractivity contribution < 1.29 is 5.11 Å². The summed E-state index contributed by atoms with van der Waals surface area (Å²) in [4.78, 5) is 8.47. The van der Waals surface area contributed by atoms with Gasteiger partial charge in [-0.2, -0.15) is 0 Å². The molecule has 84 valence electrons. The molecule has 1 aromatic rings. The van der Waals surface area contributed by atoms with Gasteiger partial charge in [-0.15, -0.1) is 0 Å². The van der Waals surface area contributed by atoms with Crippen LogP contribution >= 0.6 is 11.8 Å². The summed E-state index contributed by atoms with van der Waals surface area (Å²) < 4.78 is 0. The molecule has 0 spiro atoms. The van der Waals surface area contributed by atoms with Crippen molar-refractivity contribution in [2.45, 2.75) is 30.5 Å². The van der Waals surface area contributed by atoms with Crippen molar-refractivity contribution in [2.24, 2.45) is 0 Å². The van der Waals surface area contributed by atoms with Gasteiger partial charge in [0.15, 0.2) is 0 Å². The van der Waals surface area contributed by atoms with E-state index in [4.69, 9.17) is 5.11 Å². The number of nitrogens with one attached hydrogen (secondary N) is 1. The van der Waals surface area contributed by atoms with Gasteiger partial charge < -0.3 is 10.4 Å². The maximum atomic E-state index is 8.92. The number of hydrogen-bond acceptors (Lipinski definition) is 5. The molecule has 0 fully saturated rings. The van der Waals surface area contributed by atoms with E-state index >= 15 is 0 Å². The second-order valence-corrected chi connectivity index (χ2v) is 4.74. The molecule has 15 heavy (non-hydrogen) atoms. The molecular weight excluding hydrogens is 210 g/mol. The maximum absolute atomic E-state index is 8.92. The van der Waals surface area contributed by atoms with Gasteiger partial charge in [-0.25, -0.2) is 4.98 Å². The molecular formula is C10H17N3OS. The molecule has 4 nitrogen and oxygen atoms in total. The minimum absolute atomic E-state index is 0.152. The lowest BCUT2D eigenvalue weighted by Crippen LogP contribution is -2.05. The lowest BCUT2D eigenvalue weighted by atomic mass is 10.5. The molecule has 0 radical (unpaired) electrons. The standard InChI is InChI=1S/C10H17N3OS/c1-3-4-12-9-5-11-6-10(13-9)15-8(2)7-14/h5-6,8,14H,3-4,7H2,1-2H3,(H,12,13). The Labute approximate surface area is 94.5 Å². The minimum atomic E-state index is 0.152. The Kier molecular flexibility index (Phi) is 5.42. The summed E-state index contributed by atoms with van der Waals surface area (Å²) in [5, 5.41) is 13.1. The smallest absolute Gasteiger partial charge is 0.145 e. The molecule has 0 aliphatic carbocycles. The van der Waals surface area contributed by atoms with E-state index in [1.807, 2.05) is 6.92 Å². The van der Waals surface area contributed by atoms with Crippen LogP contribution in [0.2, 0.25) is 0 Å². The Morgan fingerprint density at radius 3 is 3.00 bits per heavy atom. The SMILES string of the molecule is CCCNc1cncc(SC(C)CO)n1. The highest BCUT2D eigenvalue weighted by molar-refractivity contribution is 7.99. The average molecular weight is 227 g/mol. The zero-order chi connectivity index (χ0) is 11.1. The molecule has 0 aliphatic rings. The molecule has 1 rings (SSSR count). The molecule has 0 saturated carbocycles. The number of aliphatic hydroxyl groups excluding tert-OH is 1. The average Bonchev–Trinajstić information content (AvgIpc) is 2.26. The first-order valence-electron chi connectivity index (χ1n) is 5.09. The van der Waals surface area contributed by atoms with Crippen molar-refractivity contribution in [3.05, 3.63) is 12.4 Å². The highest BCUT2D eigenvalue weighted by Gasteiger charge is 2.04. The second-order valence-electron chi connectivity index (χ2n) is 3.28. The van der Waals surface area contributed by atoms with Gasteiger partial charge in [0.1, 0.15) is 10.8 Å². The van der Waals surface area contributed by atoms with E-state index in [9.17, 15) is 0 Å². The van der Waals surface area contributed by atoms with E-state index in [1.54, 1.807) is 12.4 Å². The number of rotatable bonds is 6. The van der Waals surface area contributed by atoms with E-state index in [1.165, 1.54) is 11.8 Å². The first-order valence-corrected chi connectivity index (χ1v) is 5.97. The first kappa shape index (κ1) is 12.3. The second kappa shape index (κ2) is 6.63. The Balaban J connectivity index is 2.57. The number of hydrogen-bond donors (Lipinski definition) is 2. The molecule has 0 amide bonds. The normalized spacial score (nSPS) is 12.5. The van der Waals surface area contributed by atoms with Gasteiger partial charge in [0.05, 0.1) is 19.0 Å². The zero-order valence-corrected chi connectivity index (χ0v) is 9.92. The van der Waals surface area contributed by atoms with E-state index in [-0.39, 0.29) is 11.9 Å². The number of nitrogens with zero attached hydrogens (tertiary/aromatic N) is 2. The van der Waals surface area contributed by atoms with Crippen molar-refractivity contribution in [3.63, 3.8) is 0 Å². The number of aromatic nitrogens is 2. The predicted molar refractivity (Wildman–Crippen MR) is 63.2 cm³/mol. The lowest BCUT2D eigenvalue weighted by Gasteiger charge is -2.08. The molecule has 0 saturated heterocycles. The van der Waals surface area contributed by atoms with Crippen LogP contribution in [-0.4, -0.2) is 33.5 Å². The first-order chi connectivity index (χ1) is 7.26. The van der Waals surface area contributed by atoms with Crippen LogP contribution < -0.4 is 5.32 Å². The molecule has 0 aliphatic heterocycles. The highest BCUT2D eigenvalue weighted by atomic mass is 32.2. The number of aliphatic hydroxyl groups is 1. The summed E-state index contributed by atoms with van der Waals surface area (Å²) >= 11 is 1.53. The van der Waals surface area contributed by atoms with Gasteiger partial charge in [-0.05, 0) is 6.42 Å². The molecule has 2 N–H and O–H groups in total. The van der Waals surface area contributed by atoms with Crippen molar-refractivity contribution in [3.8, 4) is 0 Å². The van der Waals surface area contributed by atoms with E-state index in [2.05, 4.69) is 22.2 Å². The molecule has 1 atom stereocenters. The van der Waals surface area contributed by atoms with Gasteiger partial charge in [0.2, 0.25) is 0 Å². The van der Waals surface area contributed by atoms with E-state index < -0.39 is 0 Å².